The Labute approximate surface area is 173 Å². The van der Waals surface area contributed by atoms with Crippen LogP contribution in [-0.4, -0.2) is 26.9 Å². The summed E-state index contributed by atoms with van der Waals surface area (Å²) in [5.74, 6) is 1.03. The molecule has 2 aromatic rings. The second kappa shape index (κ2) is 7.82. The molecular weight excluding hydrogens is 384 g/mol. The van der Waals surface area contributed by atoms with Crippen LogP contribution in [0.5, 0.6) is 0 Å². The number of hydrogen-bond acceptors (Lipinski definition) is 3. The van der Waals surface area contributed by atoms with Crippen molar-refractivity contribution in [3.05, 3.63) is 59.7 Å². The predicted octanol–water partition coefficient (Wildman–Crippen LogP) is 3.80. The Bertz CT molecular complexity index is 984. The van der Waals surface area contributed by atoms with Crippen molar-refractivity contribution in [1.82, 2.24) is 5.32 Å². The molecule has 0 spiro atoms. The van der Waals surface area contributed by atoms with Crippen LogP contribution in [0.15, 0.2) is 53.4 Å². The molecule has 0 heterocycles. The lowest BCUT2D eigenvalue weighted by molar-refractivity contribution is -0.120. The van der Waals surface area contributed by atoms with Crippen LogP contribution in [0.2, 0.25) is 0 Å². The molecule has 6 heteroatoms. The van der Waals surface area contributed by atoms with Gasteiger partial charge in [-0.1, -0.05) is 41.8 Å². The molecule has 0 saturated heterocycles. The average molecular weight is 413 g/mol. The third kappa shape index (κ3) is 4.17. The summed E-state index contributed by atoms with van der Waals surface area (Å²) in [6, 6.07) is 14.2. The standard InChI is InChI=1S/C23H28N2O3S/c1-16-3-9-20(10-4-16)25(29(27,28)21-11-5-17(2)6-12-21)15-23(26)24-22-14-18-7-8-19(22)13-18/h3-6,9-12,18-19,22H,7-8,13-15H2,1-2H3,(H,24,26)/t18-,19-,22+/m1/s1. The third-order valence-electron chi connectivity index (χ3n) is 6.30. The fourth-order valence-corrected chi connectivity index (χ4v) is 6.09. The topological polar surface area (TPSA) is 66.5 Å². The Morgan fingerprint density at radius 1 is 0.966 bits per heavy atom. The van der Waals surface area contributed by atoms with Gasteiger partial charge in [-0.2, -0.15) is 0 Å². The number of sulfonamides is 1. The van der Waals surface area contributed by atoms with E-state index in [-0.39, 0.29) is 23.4 Å². The van der Waals surface area contributed by atoms with Gasteiger partial charge in [0.25, 0.3) is 10.0 Å². The molecule has 2 saturated carbocycles. The van der Waals surface area contributed by atoms with Crippen molar-refractivity contribution in [2.75, 3.05) is 10.8 Å². The molecule has 2 aromatic carbocycles. The number of carbonyl (C=O) groups excluding carboxylic acids is 1. The molecule has 0 radical (unpaired) electrons. The molecule has 0 aliphatic heterocycles. The molecule has 0 aromatic heterocycles. The normalized spacial score (nSPS) is 23.2. The van der Waals surface area contributed by atoms with E-state index in [9.17, 15) is 13.2 Å². The quantitative estimate of drug-likeness (QED) is 0.785. The molecule has 4 rings (SSSR count). The van der Waals surface area contributed by atoms with E-state index >= 15 is 0 Å². The van der Waals surface area contributed by atoms with Gasteiger partial charge in [-0.3, -0.25) is 9.10 Å². The zero-order chi connectivity index (χ0) is 20.6. The van der Waals surface area contributed by atoms with E-state index in [0.717, 1.165) is 23.5 Å². The highest BCUT2D eigenvalue weighted by Gasteiger charge is 2.40. The lowest BCUT2D eigenvalue weighted by Gasteiger charge is -2.27. The number of fused-ring (bicyclic) bond motifs is 2. The van der Waals surface area contributed by atoms with Crippen LogP contribution >= 0.6 is 0 Å². The number of amides is 1. The minimum absolute atomic E-state index is 0.184. The van der Waals surface area contributed by atoms with Crippen molar-refractivity contribution in [2.24, 2.45) is 11.8 Å². The van der Waals surface area contributed by atoms with E-state index in [1.165, 1.54) is 23.6 Å². The highest BCUT2D eigenvalue weighted by molar-refractivity contribution is 7.92. The van der Waals surface area contributed by atoms with Crippen LogP contribution in [0, 0.1) is 25.7 Å². The van der Waals surface area contributed by atoms with Crippen LogP contribution in [0.1, 0.15) is 36.8 Å². The second-order valence-corrected chi connectivity index (χ2v) is 10.4. The molecule has 0 unspecified atom stereocenters. The first-order valence-electron chi connectivity index (χ1n) is 10.3. The Balaban J connectivity index is 1.59. The smallest absolute Gasteiger partial charge is 0.264 e. The van der Waals surface area contributed by atoms with E-state index in [4.69, 9.17) is 0 Å². The maximum absolute atomic E-state index is 13.4. The van der Waals surface area contributed by atoms with Crippen LogP contribution in [0.25, 0.3) is 0 Å². The highest BCUT2D eigenvalue weighted by atomic mass is 32.2. The van der Waals surface area contributed by atoms with Gasteiger partial charge in [0, 0.05) is 6.04 Å². The fourth-order valence-electron chi connectivity index (χ4n) is 4.67. The summed E-state index contributed by atoms with van der Waals surface area (Å²) in [7, 11) is -3.85. The van der Waals surface area contributed by atoms with Crippen LogP contribution in [0.4, 0.5) is 5.69 Å². The maximum Gasteiger partial charge on any atom is 0.264 e. The number of nitrogens with zero attached hydrogens (tertiary/aromatic N) is 1. The van der Waals surface area contributed by atoms with Crippen LogP contribution in [0.3, 0.4) is 0 Å². The molecule has 1 amide bonds. The Morgan fingerprint density at radius 3 is 2.14 bits per heavy atom. The van der Waals surface area contributed by atoms with Gasteiger partial charge in [0.15, 0.2) is 0 Å². The zero-order valence-electron chi connectivity index (χ0n) is 17.0. The monoisotopic (exact) mass is 412 g/mol. The van der Waals surface area contributed by atoms with Crippen molar-refractivity contribution in [3.63, 3.8) is 0 Å². The second-order valence-electron chi connectivity index (χ2n) is 8.51. The molecule has 2 aliphatic carbocycles. The van der Waals surface area contributed by atoms with Gasteiger partial charge in [0.05, 0.1) is 10.6 Å². The maximum atomic E-state index is 13.4. The van der Waals surface area contributed by atoms with Gasteiger partial charge in [-0.15, -0.1) is 0 Å². The average Bonchev–Trinajstić information content (AvgIpc) is 3.30. The van der Waals surface area contributed by atoms with E-state index < -0.39 is 10.0 Å². The summed E-state index contributed by atoms with van der Waals surface area (Å²) < 4.78 is 28.0. The number of benzene rings is 2. The number of aryl methyl sites for hydroxylation is 2. The molecule has 2 fully saturated rings. The highest BCUT2D eigenvalue weighted by Crippen LogP contribution is 2.44. The molecule has 2 bridgehead atoms. The zero-order valence-corrected chi connectivity index (χ0v) is 17.8. The van der Waals surface area contributed by atoms with Crippen LogP contribution in [-0.2, 0) is 14.8 Å². The summed E-state index contributed by atoms with van der Waals surface area (Å²) in [5, 5.41) is 3.11. The minimum Gasteiger partial charge on any atom is -0.352 e. The summed E-state index contributed by atoms with van der Waals surface area (Å²) >= 11 is 0. The van der Waals surface area contributed by atoms with Crippen molar-refractivity contribution in [3.8, 4) is 0 Å². The van der Waals surface area contributed by atoms with E-state index in [0.29, 0.717) is 11.6 Å². The number of carbonyl (C=O) groups is 1. The van der Waals surface area contributed by atoms with Gasteiger partial charge in [-0.25, -0.2) is 8.42 Å². The number of rotatable bonds is 6. The summed E-state index contributed by atoms with van der Waals surface area (Å²) in [4.78, 5) is 13.0. The van der Waals surface area contributed by atoms with E-state index in [1.54, 1.807) is 36.4 Å². The number of hydrogen-bond donors (Lipinski definition) is 1. The number of nitrogens with one attached hydrogen (secondary N) is 1. The van der Waals surface area contributed by atoms with E-state index in [1.807, 2.05) is 26.0 Å². The number of anilines is 1. The first-order valence-corrected chi connectivity index (χ1v) is 11.7. The largest absolute Gasteiger partial charge is 0.352 e. The molecule has 29 heavy (non-hydrogen) atoms. The van der Waals surface area contributed by atoms with Crippen molar-refractivity contribution in [1.29, 1.82) is 0 Å². The third-order valence-corrected chi connectivity index (χ3v) is 8.09. The first kappa shape index (κ1) is 20.0. The molecule has 5 nitrogen and oxygen atoms in total. The van der Waals surface area contributed by atoms with Gasteiger partial charge < -0.3 is 5.32 Å². The SMILES string of the molecule is Cc1ccc(N(CC(=O)N[C@H]2C[C@@H]3CC[C@@H]2C3)S(=O)(=O)c2ccc(C)cc2)cc1. The van der Waals surface area contributed by atoms with Crippen molar-refractivity contribution < 1.29 is 13.2 Å². The Hall–Kier alpha value is -2.34. The fraction of sp³-hybridized carbons (Fsp3) is 0.435. The van der Waals surface area contributed by atoms with Gasteiger partial charge in [0.1, 0.15) is 6.54 Å². The summed E-state index contributed by atoms with van der Waals surface area (Å²) in [6.07, 6.45) is 4.63. The summed E-state index contributed by atoms with van der Waals surface area (Å²) in [5.41, 5.74) is 2.52. The van der Waals surface area contributed by atoms with Crippen molar-refractivity contribution >= 4 is 21.6 Å². The lowest BCUT2D eigenvalue weighted by Crippen LogP contribution is -2.46. The van der Waals surface area contributed by atoms with E-state index in [2.05, 4.69) is 5.32 Å². The van der Waals surface area contributed by atoms with Crippen LogP contribution < -0.4 is 9.62 Å². The molecule has 1 N–H and O–H groups in total. The lowest BCUT2D eigenvalue weighted by atomic mass is 9.95. The minimum atomic E-state index is -3.85. The van der Waals surface area contributed by atoms with Crippen molar-refractivity contribution in [2.45, 2.75) is 50.5 Å². The summed E-state index contributed by atoms with van der Waals surface area (Å²) in [6.45, 7) is 3.65. The first-order chi connectivity index (χ1) is 13.8. The van der Waals surface area contributed by atoms with Gasteiger partial charge in [-0.05, 0) is 69.2 Å². The Kier molecular flexibility index (Phi) is 5.38. The molecular formula is C23H28N2O3S. The predicted molar refractivity (Wildman–Crippen MR) is 114 cm³/mol. The molecule has 154 valence electrons. The van der Waals surface area contributed by atoms with Gasteiger partial charge >= 0.3 is 0 Å². The molecule has 2 aliphatic rings. The molecule has 3 atom stereocenters. The van der Waals surface area contributed by atoms with Gasteiger partial charge in [0.2, 0.25) is 5.91 Å². The Morgan fingerprint density at radius 2 is 1.59 bits per heavy atom.